The number of ketones is 1. The number of nitrogens with one attached hydrogen (secondary N) is 1. The fraction of sp³-hybridized carbons (Fsp3) is 0.154. The molecule has 6 nitrogen and oxygen atoms in total. The third-order valence-corrected chi connectivity index (χ3v) is 5.46. The van der Waals surface area contributed by atoms with Crippen LogP contribution in [0.4, 0.5) is 0 Å². The Balaban J connectivity index is 1.57. The summed E-state index contributed by atoms with van der Waals surface area (Å²) >= 11 is 0. The van der Waals surface area contributed by atoms with E-state index < -0.39 is 6.04 Å². The van der Waals surface area contributed by atoms with Crippen LogP contribution in [0.3, 0.4) is 0 Å². The number of carbonyl (C=O) groups is 2. The molecule has 160 valence electrons. The Morgan fingerprint density at radius 3 is 2.34 bits per heavy atom. The number of nitrogens with zero attached hydrogens (tertiary/aromatic N) is 3. The smallest absolute Gasteiger partial charge is 0.251 e. The second-order valence-electron chi connectivity index (χ2n) is 7.63. The molecule has 0 radical (unpaired) electrons. The molecule has 6 heteroatoms. The number of amides is 1. The zero-order chi connectivity index (χ0) is 22.3. The molecule has 1 N–H and O–H groups in total. The Kier molecular flexibility index (Phi) is 6.51. The summed E-state index contributed by atoms with van der Waals surface area (Å²) in [5.74, 6) is -0.301. The summed E-state index contributed by atoms with van der Waals surface area (Å²) in [6, 6.07) is 23.8. The molecule has 0 spiro atoms. The predicted octanol–water partition coefficient (Wildman–Crippen LogP) is 3.73. The molecule has 1 aromatic heterocycles. The summed E-state index contributed by atoms with van der Waals surface area (Å²) in [4.78, 5) is 26.2. The molecule has 0 saturated carbocycles. The third kappa shape index (κ3) is 4.98. The van der Waals surface area contributed by atoms with Crippen molar-refractivity contribution in [1.29, 1.82) is 0 Å². The minimum Gasteiger partial charge on any atom is -0.342 e. The zero-order valence-corrected chi connectivity index (χ0v) is 17.8. The summed E-state index contributed by atoms with van der Waals surface area (Å²) in [5.41, 5.74) is 4.25. The van der Waals surface area contributed by atoms with Gasteiger partial charge in [0, 0.05) is 12.0 Å². The van der Waals surface area contributed by atoms with Crippen LogP contribution < -0.4 is 5.32 Å². The van der Waals surface area contributed by atoms with E-state index in [-0.39, 0.29) is 18.1 Å². The molecule has 1 amide bonds. The molecule has 4 rings (SSSR count). The van der Waals surface area contributed by atoms with Crippen LogP contribution in [-0.4, -0.2) is 32.7 Å². The molecule has 0 saturated heterocycles. The highest BCUT2D eigenvalue weighted by molar-refractivity contribution is 5.98. The topological polar surface area (TPSA) is 76.9 Å². The third-order valence-electron chi connectivity index (χ3n) is 5.46. The van der Waals surface area contributed by atoms with Crippen molar-refractivity contribution in [3.05, 3.63) is 114 Å². The van der Waals surface area contributed by atoms with Gasteiger partial charge in [0.15, 0.2) is 5.78 Å². The number of benzene rings is 3. The first kappa shape index (κ1) is 21.2. The predicted molar refractivity (Wildman–Crippen MR) is 123 cm³/mol. The Morgan fingerprint density at radius 2 is 1.66 bits per heavy atom. The van der Waals surface area contributed by atoms with Crippen LogP contribution in [0, 0.1) is 6.92 Å². The Morgan fingerprint density at radius 1 is 0.938 bits per heavy atom. The first-order chi connectivity index (χ1) is 15.6. The van der Waals surface area contributed by atoms with Crippen LogP contribution >= 0.6 is 0 Å². The molecule has 3 aromatic carbocycles. The Bertz CT molecular complexity index is 1190. The molecule has 0 bridgehead atoms. The van der Waals surface area contributed by atoms with Gasteiger partial charge in [0.2, 0.25) is 0 Å². The van der Waals surface area contributed by atoms with Gasteiger partial charge in [0.25, 0.3) is 5.91 Å². The second-order valence-corrected chi connectivity index (χ2v) is 7.63. The van der Waals surface area contributed by atoms with E-state index >= 15 is 0 Å². The molecule has 1 unspecified atom stereocenters. The molecule has 0 aliphatic rings. The molecular weight excluding hydrogens is 400 g/mol. The van der Waals surface area contributed by atoms with E-state index in [1.165, 1.54) is 0 Å². The van der Waals surface area contributed by atoms with E-state index in [4.69, 9.17) is 0 Å². The lowest BCUT2D eigenvalue weighted by molar-refractivity contribution is -0.120. The largest absolute Gasteiger partial charge is 0.342 e. The van der Waals surface area contributed by atoms with Crippen LogP contribution in [0.5, 0.6) is 0 Å². The number of aromatic nitrogens is 3. The molecule has 0 aliphatic heterocycles. The second kappa shape index (κ2) is 9.83. The van der Waals surface area contributed by atoms with Gasteiger partial charge < -0.3 is 5.32 Å². The van der Waals surface area contributed by atoms with E-state index in [2.05, 4.69) is 15.6 Å². The SMILES string of the molecule is Cc1c(CC(=O)C(Cc2ccccc2)NC(=O)c2ccccc2)cccc1-n1ccnn1. The van der Waals surface area contributed by atoms with Crippen molar-refractivity contribution in [1.82, 2.24) is 20.3 Å². The summed E-state index contributed by atoms with van der Waals surface area (Å²) in [6.45, 7) is 1.97. The summed E-state index contributed by atoms with van der Waals surface area (Å²) in [6.07, 6.45) is 4.03. The molecule has 0 aliphatic carbocycles. The highest BCUT2D eigenvalue weighted by Crippen LogP contribution is 2.19. The van der Waals surface area contributed by atoms with Crippen molar-refractivity contribution in [2.24, 2.45) is 0 Å². The maximum Gasteiger partial charge on any atom is 0.251 e. The van der Waals surface area contributed by atoms with E-state index in [0.29, 0.717) is 12.0 Å². The van der Waals surface area contributed by atoms with Crippen molar-refractivity contribution in [2.45, 2.75) is 25.8 Å². The van der Waals surface area contributed by atoms with Gasteiger partial charge in [-0.1, -0.05) is 65.9 Å². The van der Waals surface area contributed by atoms with E-state index in [9.17, 15) is 9.59 Å². The van der Waals surface area contributed by atoms with Crippen molar-refractivity contribution >= 4 is 11.7 Å². The number of hydrogen-bond acceptors (Lipinski definition) is 4. The number of Topliss-reactive ketones (excluding diaryl/α,β-unsaturated/α-hetero) is 1. The molecular formula is C26H24N4O2. The van der Waals surface area contributed by atoms with Gasteiger partial charge in [0.1, 0.15) is 0 Å². The average molecular weight is 425 g/mol. The minimum absolute atomic E-state index is 0.0445. The van der Waals surface area contributed by atoms with Crippen molar-refractivity contribution < 1.29 is 9.59 Å². The van der Waals surface area contributed by atoms with Gasteiger partial charge in [-0.3, -0.25) is 9.59 Å². The van der Waals surface area contributed by atoms with Crippen molar-refractivity contribution in [3.8, 4) is 5.69 Å². The molecule has 4 aromatic rings. The first-order valence-electron chi connectivity index (χ1n) is 10.5. The van der Waals surface area contributed by atoms with E-state index in [0.717, 1.165) is 22.4 Å². The fourth-order valence-corrected chi connectivity index (χ4v) is 3.68. The lowest BCUT2D eigenvalue weighted by atomic mass is 9.95. The zero-order valence-electron chi connectivity index (χ0n) is 17.8. The molecule has 32 heavy (non-hydrogen) atoms. The van der Waals surface area contributed by atoms with Crippen molar-refractivity contribution in [2.75, 3.05) is 0 Å². The maximum absolute atomic E-state index is 13.4. The van der Waals surface area contributed by atoms with Gasteiger partial charge in [-0.2, -0.15) is 0 Å². The fourth-order valence-electron chi connectivity index (χ4n) is 3.68. The van der Waals surface area contributed by atoms with E-state index in [1.54, 1.807) is 29.2 Å². The standard InChI is InChI=1S/C26H24N4O2/c1-19-22(13-8-14-24(19)30-16-15-27-29-30)18-25(31)23(17-20-9-4-2-5-10-20)28-26(32)21-11-6-3-7-12-21/h2-16,23H,17-18H2,1H3,(H,28,32). The molecule has 0 fully saturated rings. The Hall–Kier alpha value is -4.06. The van der Waals surface area contributed by atoms with Gasteiger partial charge in [-0.25, -0.2) is 4.68 Å². The lowest BCUT2D eigenvalue weighted by Crippen LogP contribution is -2.43. The minimum atomic E-state index is -0.639. The number of hydrogen-bond donors (Lipinski definition) is 1. The van der Waals surface area contributed by atoms with Gasteiger partial charge in [0.05, 0.1) is 24.1 Å². The lowest BCUT2D eigenvalue weighted by Gasteiger charge is -2.19. The average Bonchev–Trinajstić information content (AvgIpc) is 3.36. The van der Waals surface area contributed by atoms with Gasteiger partial charge in [-0.15, -0.1) is 5.10 Å². The summed E-state index contributed by atoms with van der Waals surface area (Å²) < 4.78 is 1.68. The number of carbonyl (C=O) groups excluding carboxylic acids is 2. The van der Waals surface area contributed by atoms with Gasteiger partial charge in [-0.05, 0) is 48.2 Å². The number of rotatable bonds is 8. The summed E-state index contributed by atoms with van der Waals surface area (Å²) in [7, 11) is 0. The highest BCUT2D eigenvalue weighted by atomic mass is 16.2. The molecule has 1 atom stereocenters. The first-order valence-corrected chi connectivity index (χ1v) is 10.5. The monoisotopic (exact) mass is 424 g/mol. The van der Waals surface area contributed by atoms with Gasteiger partial charge >= 0.3 is 0 Å². The maximum atomic E-state index is 13.4. The van der Waals surface area contributed by atoms with E-state index in [1.807, 2.05) is 73.7 Å². The normalized spacial score (nSPS) is 11.7. The highest BCUT2D eigenvalue weighted by Gasteiger charge is 2.23. The van der Waals surface area contributed by atoms with Crippen LogP contribution in [0.1, 0.15) is 27.0 Å². The summed E-state index contributed by atoms with van der Waals surface area (Å²) in [5, 5.41) is 10.9. The van der Waals surface area contributed by atoms with Crippen LogP contribution in [0.25, 0.3) is 5.69 Å². The quantitative estimate of drug-likeness (QED) is 0.468. The Labute approximate surface area is 186 Å². The van der Waals surface area contributed by atoms with Crippen LogP contribution in [0.15, 0.2) is 91.3 Å². The molecule has 1 heterocycles. The van der Waals surface area contributed by atoms with Crippen molar-refractivity contribution in [3.63, 3.8) is 0 Å². The van der Waals surface area contributed by atoms with Crippen LogP contribution in [0.2, 0.25) is 0 Å². The van der Waals surface area contributed by atoms with Crippen LogP contribution in [-0.2, 0) is 17.6 Å².